The van der Waals surface area contributed by atoms with Gasteiger partial charge in [0.1, 0.15) is 62.3 Å². The highest BCUT2D eigenvalue weighted by molar-refractivity contribution is 9.10. The molecule has 8 heterocycles. The van der Waals surface area contributed by atoms with Gasteiger partial charge in [-0.05, 0) is 318 Å². The average Bonchev–Trinajstić information content (AvgIpc) is 1.57. The molecule has 16 rings (SSSR count). The Bertz CT molecular complexity index is 6120. The van der Waals surface area contributed by atoms with Crippen LogP contribution in [0.5, 0.6) is 0 Å². The minimum absolute atomic E-state index is 0. The van der Waals surface area contributed by atoms with E-state index in [1.54, 1.807) is 81.8 Å². The van der Waals surface area contributed by atoms with Gasteiger partial charge in [0.05, 0.1) is 56.8 Å². The van der Waals surface area contributed by atoms with Crippen LogP contribution in [0.25, 0.3) is 43.6 Å². The first-order valence-corrected chi connectivity index (χ1v) is 47.3. The van der Waals surface area contributed by atoms with Crippen LogP contribution >= 0.6 is 28.3 Å². The molecule has 4 aromatic carbocycles. The third-order valence-electron chi connectivity index (χ3n) is 25.2. The lowest BCUT2D eigenvalue weighted by molar-refractivity contribution is 0.0267. The normalized spacial score (nSPS) is 18.1. The van der Waals surface area contributed by atoms with Crippen molar-refractivity contribution < 1.29 is 85.0 Å². The summed E-state index contributed by atoms with van der Waals surface area (Å²) in [6.45, 7) is 36.3. The first-order chi connectivity index (χ1) is 63.0. The highest BCUT2D eigenvalue weighted by Crippen LogP contribution is 2.46. The fraction of sp³-hybridized carbons (Fsp3) is 0.566. The number of aryl methyl sites for hydroxylation is 4. The van der Waals surface area contributed by atoms with E-state index in [0.29, 0.717) is 133 Å². The zero-order chi connectivity index (χ0) is 98.1. The van der Waals surface area contributed by atoms with Crippen molar-refractivity contribution in [1.29, 1.82) is 0 Å². The monoisotopic (exact) mass is 1960 g/mol. The average molecular weight is 1970 g/mol. The van der Waals surface area contributed by atoms with Crippen molar-refractivity contribution in [1.82, 2.24) is 43.6 Å². The van der Waals surface area contributed by atoms with Crippen molar-refractivity contribution in [3.8, 4) is 0 Å². The van der Waals surface area contributed by atoms with E-state index in [0.717, 1.165) is 122 Å². The lowest BCUT2D eigenvalue weighted by Gasteiger charge is -2.27. The van der Waals surface area contributed by atoms with Crippen LogP contribution in [0.15, 0.2) is 72.2 Å². The number of fused-ring (bicyclic) bond motifs is 4. The van der Waals surface area contributed by atoms with E-state index in [1.165, 1.54) is 48.5 Å². The molecule has 30 nitrogen and oxygen atoms in total. The molecule has 4 saturated heterocycles. The number of carbonyl (C=O) groups is 7. The number of ether oxygens (including phenoxy) is 5. The number of amides is 3. The molecule has 4 aliphatic heterocycles. The van der Waals surface area contributed by atoms with Gasteiger partial charge < -0.3 is 92.2 Å². The smallest absolute Gasteiger partial charge is 0.410 e. The van der Waals surface area contributed by atoms with Crippen LogP contribution in [0, 0.1) is 74.6 Å². The Morgan fingerprint density at radius 2 is 0.711 bits per heavy atom. The Kier molecular flexibility index (Phi) is 33.2. The number of rotatable bonds is 21. The van der Waals surface area contributed by atoms with Crippen LogP contribution in [0.1, 0.15) is 241 Å². The highest BCUT2D eigenvalue weighted by Gasteiger charge is 2.40. The summed E-state index contributed by atoms with van der Waals surface area (Å²) < 4.78 is 92.8. The van der Waals surface area contributed by atoms with Crippen molar-refractivity contribution in [2.24, 2.45) is 23.7 Å². The van der Waals surface area contributed by atoms with Gasteiger partial charge in [-0.15, -0.1) is 12.4 Å². The number of benzene rings is 4. The Balaban J connectivity index is 0.000000166. The SMILES string of the molecule is CCOC(=O)c1cc2cc(F)c(Br)c(C)c2n(C2CC2)c1=O.CCOC(=O)c1cc2cc(F)c(N3CCC(CN(C)C(=O)OC(C)(C)C)C3)c(C)c2n(C2CC2)c1=O.CN(CC1CCNC1)C(=O)OC(C)(C)C.CNCC1CCN(c2c(F)cc3cc(C(=O)O)c(=O)n(C4CC4)c3c2C)C1.Cc1c(N2CCC(CN(C)C(=O)OC(C)(C)C)C2)c(F)cc2cc(C(=O)O)c(=O)n(C3CC3)c12.Cl. The molecule has 736 valence electrons. The van der Waals surface area contributed by atoms with Gasteiger partial charge >= 0.3 is 42.2 Å². The lowest BCUT2D eigenvalue weighted by atomic mass is 10.0. The molecule has 8 aliphatic rings. The number of esters is 2. The topological polar surface area (TPSA) is 338 Å². The first kappa shape index (κ1) is 105. The summed E-state index contributed by atoms with van der Waals surface area (Å²) in [6, 6.07) is 11.0. The maximum Gasteiger partial charge on any atom is 0.410 e. The fourth-order valence-electron chi connectivity index (χ4n) is 18.7. The molecule has 4 saturated carbocycles. The van der Waals surface area contributed by atoms with Crippen molar-refractivity contribution in [3.05, 3.63) is 162 Å². The number of hydrogen-bond acceptors (Lipinski definition) is 21. The summed E-state index contributed by atoms with van der Waals surface area (Å²) in [5.74, 6) is -4.19. The van der Waals surface area contributed by atoms with Gasteiger partial charge in [0.15, 0.2) is 0 Å². The van der Waals surface area contributed by atoms with Crippen molar-refractivity contribution in [2.45, 2.75) is 222 Å². The van der Waals surface area contributed by atoms with Gasteiger partial charge in [-0.2, -0.15) is 0 Å². The van der Waals surface area contributed by atoms with E-state index in [2.05, 4.69) is 31.5 Å². The van der Waals surface area contributed by atoms with Gasteiger partial charge in [0.2, 0.25) is 0 Å². The molecule has 0 bridgehead atoms. The predicted molar refractivity (Wildman–Crippen MR) is 518 cm³/mol. The summed E-state index contributed by atoms with van der Waals surface area (Å²) in [7, 11) is 7.13. The number of pyridine rings is 4. The van der Waals surface area contributed by atoms with Crippen molar-refractivity contribution in [2.75, 3.05) is 135 Å². The summed E-state index contributed by atoms with van der Waals surface area (Å²) in [5, 5.41) is 27.3. The Labute approximate surface area is 797 Å². The van der Waals surface area contributed by atoms with Crippen LogP contribution in [-0.2, 0) is 23.7 Å². The molecule has 4 aliphatic carbocycles. The van der Waals surface area contributed by atoms with E-state index in [1.807, 2.05) is 93.0 Å². The van der Waals surface area contributed by atoms with Crippen LogP contribution in [0.2, 0.25) is 0 Å². The van der Waals surface area contributed by atoms with E-state index in [9.17, 15) is 67.3 Å². The number of carboxylic acid groups (broad SMARTS) is 2. The van der Waals surface area contributed by atoms with E-state index in [4.69, 9.17) is 23.7 Å². The maximum absolute atomic E-state index is 15.5. The van der Waals surface area contributed by atoms with E-state index < -0.39 is 69.3 Å². The summed E-state index contributed by atoms with van der Waals surface area (Å²) >= 11 is 3.22. The van der Waals surface area contributed by atoms with E-state index in [-0.39, 0.29) is 119 Å². The molecule has 8 aromatic rings. The molecule has 0 radical (unpaired) electrons. The number of carbonyl (C=O) groups excluding carboxylic acids is 5. The number of aromatic nitrogens is 4. The van der Waals surface area contributed by atoms with Gasteiger partial charge in [-0.3, -0.25) is 19.2 Å². The Morgan fingerprint density at radius 1 is 0.430 bits per heavy atom. The standard InChI is InChI=1S/C27H36FN3O5.C25H32FN3O5.C20H24FN3O3.C16H15BrFNO3.C11H22N2O2.ClH/c1-7-35-25(33)20-12-18-13-21(28)23(16(2)22(18)31(24(20)32)19-8-9-19)30-11-10-17(15-30)14-29(6)26(34)36-27(3,4)5;1-14-20-16(10-18(23(31)32)22(30)29(20)17-6-7-17)11-19(26)21(14)28-9-8-15(13-28)12-27(5)24(33)34-25(2,3)4;1-11-17-13(7-15(20(26)27)19(25)24(17)14-3-4-14)8-16(21)18(11)23-6-5-12(10-23)9-22-2;1-3-22-16(21)11-6-9-7-12(18)13(17)8(2)14(9)19(15(11)20)10-4-5-10;1-11(2,3)15-10(14)13(4)8-9-5-6-12-7-9;/h12-13,17,19H,7-11,14-15H2,1-6H3;10-11,15,17H,6-9,12-13H2,1-5H3,(H,31,32);7-8,12,14,22H,3-6,9-10H2,1-2H3,(H,26,27);6-7,10H,3-5H2,1-2H3;9,12H,5-8H2,1-4H3;1H. The van der Waals surface area contributed by atoms with Crippen LogP contribution in [-0.4, -0.2) is 222 Å². The van der Waals surface area contributed by atoms with Gasteiger partial charge in [-0.25, -0.2) is 51.1 Å². The number of carboxylic acids is 2. The number of hydrogen-bond donors (Lipinski definition) is 4. The molecule has 8 fully saturated rings. The second-order valence-corrected chi connectivity index (χ2v) is 40.5. The molecular formula is C99H130BrClF4N12O18. The van der Waals surface area contributed by atoms with Crippen molar-refractivity contribution in [3.63, 3.8) is 0 Å². The second-order valence-electron chi connectivity index (χ2n) is 39.8. The first-order valence-electron chi connectivity index (χ1n) is 46.5. The predicted octanol–water partition coefficient (Wildman–Crippen LogP) is 17.0. The summed E-state index contributed by atoms with van der Waals surface area (Å²) in [4.78, 5) is 146. The van der Waals surface area contributed by atoms with E-state index >= 15 is 13.2 Å². The van der Waals surface area contributed by atoms with Crippen LogP contribution in [0.4, 0.5) is 49.0 Å². The third kappa shape index (κ3) is 24.6. The molecule has 3 amide bonds. The lowest BCUT2D eigenvalue weighted by Crippen LogP contribution is -2.37. The fourth-order valence-corrected chi connectivity index (χ4v) is 19.0. The zero-order valence-corrected chi connectivity index (χ0v) is 83.2. The maximum atomic E-state index is 15.5. The highest BCUT2D eigenvalue weighted by atomic mass is 79.9. The number of aromatic carboxylic acids is 2. The largest absolute Gasteiger partial charge is 0.477 e. The van der Waals surface area contributed by atoms with Crippen LogP contribution in [0.3, 0.4) is 0 Å². The summed E-state index contributed by atoms with van der Waals surface area (Å²) in [6.07, 6.45) is 9.49. The molecule has 135 heavy (non-hydrogen) atoms. The van der Waals surface area contributed by atoms with Gasteiger partial charge in [0.25, 0.3) is 22.2 Å². The molecule has 4 aromatic heterocycles. The van der Waals surface area contributed by atoms with Gasteiger partial charge in [-0.1, -0.05) is 0 Å². The number of anilines is 3. The number of halogens is 6. The molecular weight excluding hydrogens is 1840 g/mol. The molecule has 36 heteroatoms. The molecule has 4 N–H and O–H groups in total. The summed E-state index contributed by atoms with van der Waals surface area (Å²) in [5.41, 5.74) is 2.70. The molecule has 4 atom stereocenters. The Morgan fingerprint density at radius 3 is 0.993 bits per heavy atom. The third-order valence-corrected chi connectivity index (χ3v) is 26.1. The number of nitrogens with zero attached hydrogens (tertiary/aromatic N) is 10. The quantitative estimate of drug-likeness (QED) is 0.0295. The number of nitrogens with one attached hydrogen (secondary N) is 2. The minimum Gasteiger partial charge on any atom is -0.477 e. The molecule has 4 unspecified atom stereocenters. The Hall–Kier alpha value is -10.8. The minimum atomic E-state index is -1.31. The van der Waals surface area contributed by atoms with Gasteiger partial charge in [0, 0.05) is 126 Å². The van der Waals surface area contributed by atoms with Crippen LogP contribution < -0.4 is 47.6 Å². The zero-order valence-electron chi connectivity index (χ0n) is 80.8. The molecule has 0 spiro atoms. The second kappa shape index (κ2) is 42.9. The van der Waals surface area contributed by atoms with Crippen molar-refractivity contribution >= 4 is 131 Å².